The monoisotopic (exact) mass is 296 g/mol. The molecule has 1 unspecified atom stereocenters. The van der Waals surface area contributed by atoms with Crippen molar-refractivity contribution in [2.24, 2.45) is 0 Å². The summed E-state index contributed by atoms with van der Waals surface area (Å²) in [5, 5.41) is 0. The van der Waals surface area contributed by atoms with Gasteiger partial charge in [-0.05, 0) is 52.3 Å². The molecule has 1 atom stereocenters. The summed E-state index contributed by atoms with van der Waals surface area (Å²) < 4.78 is 21.6. The number of ether oxygens (including phenoxy) is 4. The molecular weight excluding hydrogens is 272 g/mol. The van der Waals surface area contributed by atoms with Crippen LogP contribution in [0.25, 0.3) is 0 Å². The minimum absolute atomic E-state index is 0.393. The van der Waals surface area contributed by atoms with Gasteiger partial charge in [-0.15, -0.1) is 0 Å². The molecule has 21 heavy (non-hydrogen) atoms. The van der Waals surface area contributed by atoms with Crippen molar-refractivity contribution >= 4 is 5.97 Å². The molecule has 0 radical (unpaired) electrons. The van der Waals surface area contributed by atoms with Crippen LogP contribution in [0.1, 0.15) is 33.3 Å². The number of hydrogen-bond acceptors (Lipinski definition) is 5. The highest BCUT2D eigenvalue weighted by molar-refractivity contribution is 5.75. The fourth-order valence-corrected chi connectivity index (χ4v) is 1.74. The van der Waals surface area contributed by atoms with Crippen molar-refractivity contribution in [2.75, 3.05) is 14.2 Å². The molecule has 1 rings (SSSR count). The lowest BCUT2D eigenvalue weighted by Gasteiger charge is -2.23. The second-order valence-electron chi connectivity index (χ2n) is 5.79. The highest BCUT2D eigenvalue weighted by Gasteiger charge is 2.25. The summed E-state index contributed by atoms with van der Waals surface area (Å²) in [4.78, 5) is 12.0. The first-order valence-electron chi connectivity index (χ1n) is 6.80. The molecule has 0 bridgehead atoms. The molecule has 0 aliphatic rings. The molecule has 1 aromatic carbocycles. The predicted octanol–water partition coefficient (Wildman–Crippen LogP) is 3.12. The van der Waals surface area contributed by atoms with E-state index in [1.54, 1.807) is 21.1 Å². The zero-order valence-electron chi connectivity index (χ0n) is 13.8. The number of aryl methyl sites for hydroxylation is 1. The van der Waals surface area contributed by atoms with E-state index in [1.807, 2.05) is 39.8 Å². The van der Waals surface area contributed by atoms with E-state index >= 15 is 0 Å². The molecule has 0 aromatic heterocycles. The van der Waals surface area contributed by atoms with Gasteiger partial charge in [0.1, 0.15) is 5.60 Å². The SMILES string of the molecule is COc1cc(C)cc(OC)c1OC(C)C(=O)OC(C)(C)C. The molecule has 0 saturated heterocycles. The molecule has 118 valence electrons. The van der Waals surface area contributed by atoms with E-state index in [-0.39, 0.29) is 0 Å². The first-order valence-corrected chi connectivity index (χ1v) is 6.80. The number of rotatable bonds is 5. The predicted molar refractivity (Wildman–Crippen MR) is 80.2 cm³/mol. The minimum atomic E-state index is -0.769. The van der Waals surface area contributed by atoms with E-state index in [0.717, 1.165) is 5.56 Å². The fourth-order valence-electron chi connectivity index (χ4n) is 1.74. The highest BCUT2D eigenvalue weighted by Crippen LogP contribution is 2.39. The van der Waals surface area contributed by atoms with Crippen LogP contribution >= 0.6 is 0 Å². The molecule has 1 aromatic rings. The summed E-state index contributed by atoms with van der Waals surface area (Å²) in [6.45, 7) is 8.99. The molecule has 0 amide bonds. The average Bonchev–Trinajstić information content (AvgIpc) is 2.37. The lowest BCUT2D eigenvalue weighted by Crippen LogP contribution is -2.33. The van der Waals surface area contributed by atoms with Crippen LogP contribution in [0.5, 0.6) is 17.2 Å². The molecule has 0 spiro atoms. The van der Waals surface area contributed by atoms with Crippen molar-refractivity contribution in [3.63, 3.8) is 0 Å². The Labute approximate surface area is 126 Å². The van der Waals surface area contributed by atoms with Crippen LogP contribution in [0, 0.1) is 6.92 Å². The van der Waals surface area contributed by atoms with Crippen LogP contribution in [0.15, 0.2) is 12.1 Å². The van der Waals surface area contributed by atoms with E-state index in [0.29, 0.717) is 17.2 Å². The Morgan fingerprint density at radius 3 is 1.95 bits per heavy atom. The second-order valence-corrected chi connectivity index (χ2v) is 5.79. The quantitative estimate of drug-likeness (QED) is 0.781. The molecule has 0 saturated carbocycles. The third-order valence-electron chi connectivity index (χ3n) is 2.64. The molecule has 0 heterocycles. The summed E-state index contributed by atoms with van der Waals surface area (Å²) in [7, 11) is 3.08. The van der Waals surface area contributed by atoms with Gasteiger partial charge in [0, 0.05) is 0 Å². The molecule has 0 N–H and O–H groups in total. The van der Waals surface area contributed by atoms with E-state index in [1.165, 1.54) is 0 Å². The van der Waals surface area contributed by atoms with Crippen LogP contribution in [0.2, 0.25) is 0 Å². The van der Waals surface area contributed by atoms with E-state index in [2.05, 4.69) is 0 Å². The number of esters is 1. The van der Waals surface area contributed by atoms with E-state index in [9.17, 15) is 4.79 Å². The maximum Gasteiger partial charge on any atom is 0.347 e. The smallest absolute Gasteiger partial charge is 0.347 e. The summed E-state index contributed by atoms with van der Waals surface area (Å²) in [5.74, 6) is 0.987. The van der Waals surface area contributed by atoms with Gasteiger partial charge in [0.15, 0.2) is 17.6 Å². The second kappa shape index (κ2) is 6.70. The van der Waals surface area contributed by atoms with Gasteiger partial charge in [0.25, 0.3) is 0 Å². The van der Waals surface area contributed by atoms with Gasteiger partial charge in [0.05, 0.1) is 14.2 Å². The Morgan fingerprint density at radius 1 is 1.10 bits per heavy atom. The Balaban J connectivity index is 2.99. The van der Waals surface area contributed by atoms with Crippen molar-refractivity contribution < 1.29 is 23.7 Å². The number of methoxy groups -OCH3 is 2. The minimum Gasteiger partial charge on any atom is -0.493 e. The van der Waals surface area contributed by atoms with Crippen molar-refractivity contribution in [2.45, 2.75) is 46.3 Å². The summed E-state index contributed by atoms with van der Waals surface area (Å²) >= 11 is 0. The Morgan fingerprint density at radius 2 is 1.57 bits per heavy atom. The summed E-state index contributed by atoms with van der Waals surface area (Å²) in [5.41, 5.74) is 0.414. The van der Waals surface area contributed by atoms with Crippen LogP contribution < -0.4 is 14.2 Å². The highest BCUT2D eigenvalue weighted by atomic mass is 16.6. The maximum atomic E-state index is 12.0. The molecule has 0 aliphatic carbocycles. The third-order valence-corrected chi connectivity index (χ3v) is 2.64. The molecule has 5 nitrogen and oxygen atoms in total. The van der Waals surface area contributed by atoms with Gasteiger partial charge in [-0.25, -0.2) is 4.79 Å². The fraction of sp³-hybridized carbons (Fsp3) is 0.562. The Hall–Kier alpha value is -1.91. The first-order chi connectivity index (χ1) is 9.67. The van der Waals surface area contributed by atoms with Crippen molar-refractivity contribution in [3.05, 3.63) is 17.7 Å². The topological polar surface area (TPSA) is 54.0 Å². The van der Waals surface area contributed by atoms with Crippen molar-refractivity contribution in [3.8, 4) is 17.2 Å². The van der Waals surface area contributed by atoms with Crippen LogP contribution in [0.4, 0.5) is 0 Å². The van der Waals surface area contributed by atoms with Crippen LogP contribution in [-0.4, -0.2) is 31.9 Å². The molecular formula is C16H24O5. The van der Waals surface area contributed by atoms with Gasteiger partial charge in [-0.1, -0.05) is 0 Å². The first kappa shape index (κ1) is 17.1. The lowest BCUT2D eigenvalue weighted by atomic mass is 10.2. The maximum absolute atomic E-state index is 12.0. The number of carbonyl (C=O) groups is 1. The van der Waals surface area contributed by atoms with E-state index in [4.69, 9.17) is 18.9 Å². The van der Waals surface area contributed by atoms with Gasteiger partial charge in [-0.3, -0.25) is 0 Å². The van der Waals surface area contributed by atoms with Gasteiger partial charge in [-0.2, -0.15) is 0 Å². The normalized spacial score (nSPS) is 12.5. The van der Waals surface area contributed by atoms with Crippen molar-refractivity contribution in [1.29, 1.82) is 0 Å². The van der Waals surface area contributed by atoms with Crippen molar-refractivity contribution in [1.82, 2.24) is 0 Å². The Bertz CT molecular complexity index is 477. The zero-order valence-corrected chi connectivity index (χ0v) is 13.8. The van der Waals surface area contributed by atoms with Crippen LogP contribution in [0.3, 0.4) is 0 Å². The van der Waals surface area contributed by atoms with Gasteiger partial charge < -0.3 is 18.9 Å². The third kappa shape index (κ3) is 4.85. The van der Waals surface area contributed by atoms with Crippen LogP contribution in [-0.2, 0) is 9.53 Å². The molecule has 0 fully saturated rings. The molecule has 5 heteroatoms. The largest absolute Gasteiger partial charge is 0.493 e. The van der Waals surface area contributed by atoms with Gasteiger partial charge >= 0.3 is 5.97 Å². The number of benzene rings is 1. The average molecular weight is 296 g/mol. The summed E-state index contributed by atoms with van der Waals surface area (Å²) in [6, 6.07) is 3.64. The standard InChI is InChI=1S/C16H24O5/c1-10-8-12(18-6)14(13(9-10)19-7)20-11(2)15(17)21-16(3,4)5/h8-9,11H,1-7H3. The summed E-state index contributed by atoms with van der Waals surface area (Å²) in [6.07, 6.45) is -0.769. The van der Waals surface area contributed by atoms with E-state index < -0.39 is 17.7 Å². The van der Waals surface area contributed by atoms with Gasteiger partial charge in [0.2, 0.25) is 5.75 Å². The zero-order chi connectivity index (χ0) is 16.2. The molecule has 0 aliphatic heterocycles. The Kier molecular flexibility index (Phi) is 5.47. The number of hydrogen-bond donors (Lipinski definition) is 0. The lowest BCUT2D eigenvalue weighted by molar-refractivity contribution is -0.162. The number of carbonyl (C=O) groups excluding carboxylic acids is 1.